The lowest BCUT2D eigenvalue weighted by atomic mass is 10.1. The number of carbonyl (C=O) groups is 2. The van der Waals surface area contributed by atoms with Gasteiger partial charge in [-0.2, -0.15) is 0 Å². The average molecular weight is 307 g/mol. The number of benzene rings is 1. The molecule has 7 heteroatoms. The van der Waals surface area contributed by atoms with E-state index in [9.17, 15) is 9.59 Å². The van der Waals surface area contributed by atoms with Gasteiger partial charge in [0, 0.05) is 25.2 Å². The Labute approximate surface area is 126 Å². The Morgan fingerprint density at radius 3 is 2.68 bits per heavy atom. The molecule has 0 aliphatic heterocycles. The Morgan fingerprint density at radius 1 is 1.32 bits per heavy atom. The fourth-order valence-corrected chi connectivity index (χ4v) is 2.11. The Balaban J connectivity index is 2.23. The van der Waals surface area contributed by atoms with Gasteiger partial charge in [0.1, 0.15) is 5.58 Å². The van der Waals surface area contributed by atoms with Crippen molar-refractivity contribution in [2.24, 2.45) is 0 Å². The summed E-state index contributed by atoms with van der Waals surface area (Å²) in [6.07, 6.45) is -1.11. The molecule has 1 heterocycles. The molecule has 2 rings (SSSR count). The molecule has 0 aliphatic carbocycles. The molecule has 2 N–H and O–H groups in total. The van der Waals surface area contributed by atoms with Crippen LogP contribution in [0.25, 0.3) is 11.0 Å². The Bertz CT molecular complexity index is 678. The number of rotatable bonds is 7. The van der Waals surface area contributed by atoms with Crippen LogP contribution in [0.4, 0.5) is 0 Å². The fraction of sp³-hybridized carbons (Fsp3) is 0.333. The summed E-state index contributed by atoms with van der Waals surface area (Å²) in [4.78, 5) is 23.1. The van der Waals surface area contributed by atoms with E-state index in [0.29, 0.717) is 11.1 Å². The van der Waals surface area contributed by atoms with E-state index in [-0.39, 0.29) is 18.9 Å². The van der Waals surface area contributed by atoms with Crippen LogP contribution in [0.3, 0.4) is 0 Å². The maximum Gasteiger partial charge on any atom is 0.334 e. The molecule has 1 aromatic carbocycles. The molecule has 1 aromatic heterocycles. The molecule has 0 spiro atoms. The predicted octanol–water partition coefficient (Wildman–Crippen LogP) is 1.41. The highest BCUT2D eigenvalue weighted by Gasteiger charge is 2.23. The van der Waals surface area contributed by atoms with Gasteiger partial charge in [0.05, 0.1) is 13.2 Å². The second-order valence-electron chi connectivity index (χ2n) is 4.61. The van der Waals surface area contributed by atoms with Crippen molar-refractivity contribution in [3.63, 3.8) is 0 Å². The lowest BCUT2D eigenvalue weighted by Crippen LogP contribution is -2.38. The second-order valence-corrected chi connectivity index (χ2v) is 4.61. The number of nitrogens with one attached hydrogen (secondary N) is 1. The Morgan fingerprint density at radius 2 is 2.05 bits per heavy atom. The molecule has 22 heavy (non-hydrogen) atoms. The molecule has 1 amide bonds. The smallest absolute Gasteiger partial charge is 0.334 e. The van der Waals surface area contributed by atoms with Crippen LogP contribution in [0.2, 0.25) is 0 Å². The van der Waals surface area contributed by atoms with Gasteiger partial charge in [-0.25, -0.2) is 4.79 Å². The van der Waals surface area contributed by atoms with Gasteiger partial charge in [0.2, 0.25) is 0 Å². The Hall–Kier alpha value is -2.38. The zero-order valence-electron chi connectivity index (χ0n) is 12.3. The quantitative estimate of drug-likeness (QED) is 0.802. The van der Waals surface area contributed by atoms with Crippen molar-refractivity contribution in [3.05, 3.63) is 35.6 Å². The molecule has 7 nitrogen and oxygen atoms in total. The second kappa shape index (κ2) is 7.06. The molecule has 0 aliphatic rings. The lowest BCUT2D eigenvalue weighted by Gasteiger charge is -2.11. The highest BCUT2D eigenvalue weighted by atomic mass is 16.5. The van der Waals surface area contributed by atoms with Crippen molar-refractivity contribution >= 4 is 22.8 Å². The van der Waals surface area contributed by atoms with Crippen LogP contribution in [0.1, 0.15) is 16.1 Å². The van der Waals surface area contributed by atoms with Crippen LogP contribution in [0.15, 0.2) is 28.7 Å². The van der Waals surface area contributed by atoms with Gasteiger partial charge in [0.25, 0.3) is 5.91 Å². The largest absolute Gasteiger partial charge is 0.479 e. The Kier molecular flexibility index (Phi) is 5.13. The van der Waals surface area contributed by atoms with E-state index in [0.717, 1.165) is 5.39 Å². The summed E-state index contributed by atoms with van der Waals surface area (Å²) < 4.78 is 15.4. The molecule has 0 bridgehead atoms. The molecular weight excluding hydrogens is 290 g/mol. The normalized spacial score (nSPS) is 12.3. The number of carboxylic acid groups (broad SMARTS) is 1. The van der Waals surface area contributed by atoms with E-state index in [1.54, 1.807) is 12.1 Å². The standard InChI is InChI=1S/C15H17NO6/c1-20-8-10-9-5-3-4-6-11(9)22-13(10)14(17)16-7-12(21-2)15(18)19/h3-6,12H,7-8H2,1-2H3,(H,16,17)(H,18,19). The zero-order chi connectivity index (χ0) is 16.1. The third kappa shape index (κ3) is 3.26. The van der Waals surface area contributed by atoms with Crippen molar-refractivity contribution in [1.82, 2.24) is 5.32 Å². The van der Waals surface area contributed by atoms with Crippen molar-refractivity contribution in [2.45, 2.75) is 12.7 Å². The van der Waals surface area contributed by atoms with Crippen molar-refractivity contribution in [1.29, 1.82) is 0 Å². The number of furan rings is 1. The molecular formula is C15H17NO6. The van der Waals surface area contributed by atoms with E-state index in [4.69, 9.17) is 19.0 Å². The first-order valence-corrected chi connectivity index (χ1v) is 6.61. The number of aliphatic carboxylic acids is 1. The summed E-state index contributed by atoms with van der Waals surface area (Å²) in [6, 6.07) is 7.22. The highest BCUT2D eigenvalue weighted by Crippen LogP contribution is 2.26. The van der Waals surface area contributed by atoms with E-state index < -0.39 is 18.0 Å². The third-order valence-electron chi connectivity index (χ3n) is 3.20. The maximum atomic E-state index is 12.2. The van der Waals surface area contributed by atoms with Gasteiger partial charge in [-0.1, -0.05) is 18.2 Å². The topological polar surface area (TPSA) is 98.0 Å². The van der Waals surface area contributed by atoms with E-state index in [1.165, 1.54) is 14.2 Å². The molecule has 118 valence electrons. The SMILES string of the molecule is COCc1c(C(=O)NCC(OC)C(=O)O)oc2ccccc12. The number of hydrogen-bond donors (Lipinski definition) is 2. The number of ether oxygens (including phenoxy) is 2. The minimum absolute atomic E-state index is 0.114. The van der Waals surface area contributed by atoms with Crippen molar-refractivity contribution in [3.8, 4) is 0 Å². The van der Waals surface area contributed by atoms with Gasteiger partial charge in [-0.3, -0.25) is 4.79 Å². The molecule has 1 atom stereocenters. The first-order chi connectivity index (χ1) is 10.6. The van der Waals surface area contributed by atoms with Crippen LogP contribution in [-0.2, 0) is 20.9 Å². The molecule has 1 unspecified atom stereocenters. The number of para-hydroxylation sites is 1. The van der Waals surface area contributed by atoms with E-state index in [2.05, 4.69) is 5.32 Å². The van der Waals surface area contributed by atoms with Crippen LogP contribution in [-0.4, -0.2) is 43.9 Å². The summed E-state index contributed by atoms with van der Waals surface area (Å²) in [7, 11) is 2.79. The van der Waals surface area contributed by atoms with Gasteiger partial charge in [-0.15, -0.1) is 0 Å². The maximum absolute atomic E-state index is 12.2. The first kappa shape index (κ1) is 16.0. The van der Waals surface area contributed by atoms with Crippen LogP contribution in [0.5, 0.6) is 0 Å². The minimum atomic E-state index is -1.15. The molecule has 2 aromatic rings. The number of hydrogen-bond acceptors (Lipinski definition) is 5. The van der Waals surface area contributed by atoms with Crippen LogP contribution >= 0.6 is 0 Å². The fourth-order valence-electron chi connectivity index (χ4n) is 2.11. The summed E-state index contributed by atoms with van der Waals surface area (Å²) in [6.45, 7) is 0.0561. The summed E-state index contributed by atoms with van der Waals surface area (Å²) in [5.74, 6) is -1.54. The van der Waals surface area contributed by atoms with Gasteiger partial charge in [0.15, 0.2) is 11.9 Å². The number of amides is 1. The summed E-state index contributed by atoms with van der Waals surface area (Å²) in [5.41, 5.74) is 1.20. The third-order valence-corrected chi connectivity index (χ3v) is 3.20. The summed E-state index contributed by atoms with van der Waals surface area (Å²) in [5, 5.41) is 12.2. The highest BCUT2D eigenvalue weighted by molar-refractivity contribution is 5.99. The minimum Gasteiger partial charge on any atom is -0.479 e. The number of carboxylic acids is 1. The van der Waals surface area contributed by atoms with E-state index >= 15 is 0 Å². The van der Waals surface area contributed by atoms with Gasteiger partial charge in [-0.05, 0) is 6.07 Å². The number of fused-ring (bicyclic) bond motifs is 1. The van der Waals surface area contributed by atoms with E-state index in [1.807, 2.05) is 12.1 Å². The monoisotopic (exact) mass is 307 g/mol. The molecule has 0 fully saturated rings. The lowest BCUT2D eigenvalue weighted by molar-refractivity contribution is -0.148. The first-order valence-electron chi connectivity index (χ1n) is 6.61. The summed E-state index contributed by atoms with van der Waals surface area (Å²) >= 11 is 0. The number of methoxy groups -OCH3 is 2. The van der Waals surface area contributed by atoms with Crippen molar-refractivity contribution in [2.75, 3.05) is 20.8 Å². The zero-order valence-corrected chi connectivity index (χ0v) is 12.3. The average Bonchev–Trinajstić information content (AvgIpc) is 2.87. The molecule has 0 saturated carbocycles. The van der Waals surface area contributed by atoms with Crippen molar-refractivity contribution < 1.29 is 28.6 Å². The predicted molar refractivity (Wildman–Crippen MR) is 77.7 cm³/mol. The van der Waals surface area contributed by atoms with Gasteiger partial charge < -0.3 is 24.3 Å². The van der Waals surface area contributed by atoms with Gasteiger partial charge >= 0.3 is 5.97 Å². The molecule has 0 radical (unpaired) electrons. The molecule has 0 saturated heterocycles. The van der Waals surface area contributed by atoms with Crippen LogP contribution in [0, 0.1) is 0 Å². The number of carbonyl (C=O) groups excluding carboxylic acids is 1. The van der Waals surface area contributed by atoms with Crippen LogP contribution < -0.4 is 5.32 Å².